The Morgan fingerprint density at radius 3 is 2.10 bits per heavy atom. The Morgan fingerprint density at radius 1 is 1.10 bits per heavy atom. The SMILES string of the molecule is CC1(C(NN)c2ccc(C(F)(F)F)cc2)CCCCC1. The van der Waals surface area contributed by atoms with Crippen molar-refractivity contribution in [3.8, 4) is 0 Å². The quantitative estimate of drug-likeness (QED) is 0.646. The summed E-state index contributed by atoms with van der Waals surface area (Å²) in [6.45, 7) is 2.16. The molecule has 0 spiro atoms. The molecule has 0 aromatic heterocycles. The lowest BCUT2D eigenvalue weighted by atomic mass is 9.69. The molecule has 0 heterocycles. The molecule has 1 aromatic carbocycles. The first-order valence-electron chi connectivity index (χ1n) is 7.00. The predicted molar refractivity (Wildman–Crippen MR) is 72.7 cm³/mol. The van der Waals surface area contributed by atoms with Gasteiger partial charge in [0, 0.05) is 0 Å². The molecule has 2 rings (SSSR count). The number of hydrogen-bond donors (Lipinski definition) is 2. The molecule has 0 aliphatic heterocycles. The molecule has 0 bridgehead atoms. The van der Waals surface area contributed by atoms with E-state index in [1.165, 1.54) is 18.6 Å². The number of hydrogen-bond acceptors (Lipinski definition) is 2. The maximum atomic E-state index is 12.6. The Labute approximate surface area is 117 Å². The molecule has 1 aromatic rings. The van der Waals surface area contributed by atoms with Crippen LogP contribution in [0.4, 0.5) is 13.2 Å². The maximum absolute atomic E-state index is 12.6. The Bertz CT molecular complexity index is 433. The highest BCUT2D eigenvalue weighted by Crippen LogP contribution is 2.45. The number of hydrazine groups is 1. The summed E-state index contributed by atoms with van der Waals surface area (Å²) in [5.41, 5.74) is 3.02. The smallest absolute Gasteiger partial charge is 0.271 e. The first-order chi connectivity index (χ1) is 9.37. The van der Waals surface area contributed by atoms with Crippen LogP contribution in [0.1, 0.15) is 56.2 Å². The van der Waals surface area contributed by atoms with Gasteiger partial charge in [-0.25, -0.2) is 0 Å². The molecule has 0 saturated heterocycles. The van der Waals surface area contributed by atoms with Gasteiger partial charge >= 0.3 is 6.18 Å². The average Bonchev–Trinajstić information content (AvgIpc) is 2.39. The maximum Gasteiger partial charge on any atom is 0.416 e. The zero-order valence-electron chi connectivity index (χ0n) is 11.6. The summed E-state index contributed by atoms with van der Waals surface area (Å²) in [5.74, 6) is 5.67. The largest absolute Gasteiger partial charge is 0.416 e. The molecule has 1 aliphatic carbocycles. The second-order valence-electron chi connectivity index (χ2n) is 5.93. The summed E-state index contributed by atoms with van der Waals surface area (Å²) in [4.78, 5) is 0. The van der Waals surface area contributed by atoms with Crippen molar-refractivity contribution in [3.05, 3.63) is 35.4 Å². The fourth-order valence-corrected chi connectivity index (χ4v) is 3.21. The Kier molecular flexibility index (Phi) is 4.39. The Morgan fingerprint density at radius 2 is 1.65 bits per heavy atom. The van der Waals surface area contributed by atoms with Gasteiger partial charge in [-0.3, -0.25) is 11.3 Å². The van der Waals surface area contributed by atoms with Crippen molar-refractivity contribution in [2.75, 3.05) is 0 Å². The topological polar surface area (TPSA) is 38.0 Å². The third kappa shape index (κ3) is 3.15. The number of alkyl halides is 3. The van der Waals surface area contributed by atoms with E-state index in [1.807, 2.05) is 0 Å². The fraction of sp³-hybridized carbons (Fsp3) is 0.600. The molecule has 112 valence electrons. The summed E-state index contributed by atoms with van der Waals surface area (Å²) >= 11 is 0. The van der Waals surface area contributed by atoms with Crippen molar-refractivity contribution in [2.24, 2.45) is 11.3 Å². The normalized spacial score (nSPS) is 20.6. The van der Waals surface area contributed by atoms with Gasteiger partial charge in [0.2, 0.25) is 0 Å². The van der Waals surface area contributed by atoms with Crippen molar-refractivity contribution >= 4 is 0 Å². The summed E-state index contributed by atoms with van der Waals surface area (Å²) in [6, 6.07) is 5.23. The van der Waals surface area contributed by atoms with Crippen molar-refractivity contribution in [2.45, 2.75) is 51.2 Å². The summed E-state index contributed by atoms with van der Waals surface area (Å²) in [5, 5.41) is 0. The number of benzene rings is 1. The Hall–Kier alpha value is -1.07. The molecule has 20 heavy (non-hydrogen) atoms. The molecule has 3 N–H and O–H groups in total. The minimum absolute atomic E-state index is 0.00670. The second-order valence-corrected chi connectivity index (χ2v) is 5.93. The van der Waals surface area contributed by atoms with Gasteiger partial charge in [0.25, 0.3) is 0 Å². The highest BCUT2D eigenvalue weighted by Gasteiger charge is 2.36. The highest BCUT2D eigenvalue weighted by molar-refractivity contribution is 5.28. The number of nitrogens with two attached hydrogens (primary N) is 1. The second kappa shape index (κ2) is 5.74. The monoisotopic (exact) mass is 286 g/mol. The van der Waals surface area contributed by atoms with Crippen molar-refractivity contribution in [3.63, 3.8) is 0 Å². The van der Waals surface area contributed by atoms with Gasteiger partial charge in [0.1, 0.15) is 0 Å². The van der Waals surface area contributed by atoms with E-state index < -0.39 is 11.7 Å². The molecule has 5 heteroatoms. The predicted octanol–water partition coefficient (Wildman–Crippen LogP) is 4.18. The van der Waals surface area contributed by atoms with E-state index in [0.29, 0.717) is 0 Å². The molecule has 1 fully saturated rings. The molecule has 1 atom stereocenters. The molecule has 1 saturated carbocycles. The number of nitrogens with one attached hydrogen (secondary N) is 1. The van der Waals surface area contributed by atoms with E-state index in [2.05, 4.69) is 12.3 Å². The third-order valence-corrected chi connectivity index (χ3v) is 4.43. The lowest BCUT2D eigenvalue weighted by Gasteiger charge is -2.40. The first-order valence-corrected chi connectivity index (χ1v) is 7.00. The van der Waals surface area contributed by atoms with Crippen LogP contribution >= 0.6 is 0 Å². The standard InChI is InChI=1S/C15H21F3N2/c1-14(9-3-2-4-10-14)13(20-19)11-5-7-12(8-6-11)15(16,17)18/h5-8,13,20H,2-4,9-10,19H2,1H3. The molecule has 1 unspecified atom stereocenters. The van der Waals surface area contributed by atoms with Gasteiger partial charge in [-0.2, -0.15) is 13.2 Å². The van der Waals surface area contributed by atoms with Crippen molar-refractivity contribution in [1.29, 1.82) is 0 Å². The van der Waals surface area contributed by atoms with E-state index in [1.54, 1.807) is 0 Å². The molecular weight excluding hydrogens is 265 g/mol. The van der Waals surface area contributed by atoms with Gasteiger partial charge in [-0.15, -0.1) is 0 Å². The van der Waals surface area contributed by atoms with Crippen molar-refractivity contribution < 1.29 is 13.2 Å². The zero-order valence-corrected chi connectivity index (χ0v) is 11.6. The summed E-state index contributed by atoms with van der Waals surface area (Å²) in [7, 11) is 0. The number of rotatable bonds is 3. The first kappa shape index (κ1) is 15.3. The van der Waals surface area contributed by atoms with Crippen LogP contribution in [0.25, 0.3) is 0 Å². The van der Waals surface area contributed by atoms with Gasteiger partial charge in [0.05, 0.1) is 11.6 Å². The molecule has 0 radical (unpaired) electrons. The van der Waals surface area contributed by atoms with Crippen LogP contribution in [0.2, 0.25) is 0 Å². The van der Waals surface area contributed by atoms with E-state index in [4.69, 9.17) is 5.84 Å². The van der Waals surface area contributed by atoms with Crippen LogP contribution in [-0.4, -0.2) is 0 Å². The van der Waals surface area contributed by atoms with Crippen LogP contribution in [0.5, 0.6) is 0 Å². The minimum Gasteiger partial charge on any atom is -0.271 e. The van der Waals surface area contributed by atoms with Gasteiger partial charge < -0.3 is 0 Å². The summed E-state index contributed by atoms with van der Waals surface area (Å²) in [6.07, 6.45) is 1.31. The molecule has 2 nitrogen and oxygen atoms in total. The van der Waals surface area contributed by atoms with Gasteiger partial charge in [0.15, 0.2) is 0 Å². The van der Waals surface area contributed by atoms with Gasteiger partial charge in [-0.1, -0.05) is 38.3 Å². The lowest BCUT2D eigenvalue weighted by Crippen LogP contribution is -2.41. The van der Waals surface area contributed by atoms with Crippen LogP contribution in [-0.2, 0) is 6.18 Å². The lowest BCUT2D eigenvalue weighted by molar-refractivity contribution is -0.137. The third-order valence-electron chi connectivity index (χ3n) is 4.43. The van der Waals surface area contributed by atoms with Crippen LogP contribution in [0.3, 0.4) is 0 Å². The molecule has 1 aliphatic rings. The number of halogens is 3. The van der Waals surface area contributed by atoms with E-state index >= 15 is 0 Å². The van der Waals surface area contributed by atoms with E-state index in [0.717, 1.165) is 43.4 Å². The fourth-order valence-electron chi connectivity index (χ4n) is 3.21. The van der Waals surface area contributed by atoms with Gasteiger partial charge in [-0.05, 0) is 36.0 Å². The average molecular weight is 286 g/mol. The van der Waals surface area contributed by atoms with Crippen LogP contribution in [0.15, 0.2) is 24.3 Å². The highest BCUT2D eigenvalue weighted by atomic mass is 19.4. The summed E-state index contributed by atoms with van der Waals surface area (Å²) < 4.78 is 37.8. The van der Waals surface area contributed by atoms with Crippen molar-refractivity contribution in [1.82, 2.24) is 5.43 Å². The van der Waals surface area contributed by atoms with Crippen LogP contribution < -0.4 is 11.3 Å². The Balaban J connectivity index is 2.23. The van der Waals surface area contributed by atoms with E-state index in [-0.39, 0.29) is 11.5 Å². The zero-order chi connectivity index (χ0) is 14.8. The molecular formula is C15H21F3N2. The van der Waals surface area contributed by atoms with E-state index in [9.17, 15) is 13.2 Å². The minimum atomic E-state index is -4.29. The molecule has 0 amide bonds. The van der Waals surface area contributed by atoms with Crippen LogP contribution in [0, 0.1) is 5.41 Å².